The number of carbonyl (C=O) groups is 2. The van der Waals surface area contributed by atoms with Crippen molar-refractivity contribution in [3.8, 4) is 5.75 Å². The van der Waals surface area contributed by atoms with Crippen molar-refractivity contribution in [2.45, 2.75) is 13.0 Å². The maximum absolute atomic E-state index is 11.6. The van der Waals surface area contributed by atoms with Crippen molar-refractivity contribution in [2.24, 2.45) is 5.73 Å². The van der Waals surface area contributed by atoms with Gasteiger partial charge in [-0.05, 0) is 42.4 Å². The highest BCUT2D eigenvalue weighted by Gasteiger charge is 2.06. The second-order valence-corrected chi connectivity index (χ2v) is 6.28. The summed E-state index contributed by atoms with van der Waals surface area (Å²) in [6.07, 6.45) is 5.70. The van der Waals surface area contributed by atoms with Gasteiger partial charge in [0.2, 0.25) is 0 Å². The summed E-state index contributed by atoms with van der Waals surface area (Å²) in [5, 5.41) is 10.8. The van der Waals surface area contributed by atoms with Crippen molar-refractivity contribution >= 4 is 36.3 Å². The molecule has 0 heterocycles. The van der Waals surface area contributed by atoms with Gasteiger partial charge in [-0.25, -0.2) is 0 Å². The lowest BCUT2D eigenvalue weighted by Gasteiger charge is -2.06. The smallest absolute Gasteiger partial charge is 0.322 e. The first-order valence-corrected chi connectivity index (χ1v) is 9.72. The number of amides is 1. The van der Waals surface area contributed by atoms with E-state index in [4.69, 9.17) is 15.6 Å². The van der Waals surface area contributed by atoms with Gasteiger partial charge in [0, 0.05) is 17.4 Å². The first-order valence-electron chi connectivity index (χ1n) is 7.69. The molecule has 0 saturated heterocycles. The Morgan fingerprint density at radius 3 is 2.48 bits per heavy atom. The molecule has 1 rings (SSSR count). The molecule has 8 heteroatoms. The Labute approximate surface area is 158 Å². The molecule has 1 aromatic carbocycles. The van der Waals surface area contributed by atoms with E-state index in [0.29, 0.717) is 23.7 Å². The molecule has 0 fully saturated rings. The normalized spacial score (nSPS) is 11.4. The van der Waals surface area contributed by atoms with E-state index < -0.39 is 18.4 Å². The summed E-state index contributed by atoms with van der Waals surface area (Å²) in [7, 11) is 0. The van der Waals surface area contributed by atoms with E-state index in [-0.39, 0.29) is 6.04 Å². The Balaban J connectivity index is 0.00000129. The van der Waals surface area contributed by atoms with Gasteiger partial charge in [-0.1, -0.05) is 13.0 Å². The molecule has 0 aliphatic heterocycles. The van der Waals surface area contributed by atoms with Crippen LogP contribution < -0.4 is 15.8 Å². The summed E-state index contributed by atoms with van der Waals surface area (Å²) in [6.45, 7) is 2.10. The van der Waals surface area contributed by atoms with Gasteiger partial charge in [0.15, 0.2) is 0 Å². The van der Waals surface area contributed by atoms with Crippen LogP contribution in [0.25, 0.3) is 0 Å². The summed E-state index contributed by atoms with van der Waals surface area (Å²) in [6, 6.07) is 6.31. The van der Waals surface area contributed by atoms with Gasteiger partial charge in [-0.3, -0.25) is 9.59 Å². The van der Waals surface area contributed by atoms with Gasteiger partial charge in [0.25, 0.3) is 5.91 Å². The molecule has 1 amide bonds. The molecule has 0 radical (unpaired) electrons. The number of thioether (sulfide) groups is 1. The zero-order valence-corrected chi connectivity index (χ0v) is 16.2. The fraction of sp³-hybridized carbons (Fsp3) is 0.412. The standard InChI is InChI=1S/C14H18N2O4S.C3H8S/c15-11(9-21)2-1-7-20-12-5-3-10(4-6-12)14(19)16-8-13(17)18;1-3-4-2/h1-6,11,21H,7-9,15H2,(H,16,19)(H,17,18);3H2,1-2H3/b2-1+;. The lowest BCUT2D eigenvalue weighted by molar-refractivity contribution is -0.135. The molecule has 1 unspecified atom stereocenters. The number of carbonyl (C=O) groups excluding carboxylic acids is 1. The minimum atomic E-state index is -1.09. The lowest BCUT2D eigenvalue weighted by atomic mass is 10.2. The zero-order chi connectivity index (χ0) is 19.1. The average Bonchev–Trinajstić information content (AvgIpc) is 2.63. The zero-order valence-electron chi connectivity index (χ0n) is 14.5. The van der Waals surface area contributed by atoms with E-state index in [2.05, 4.69) is 31.1 Å². The molecule has 140 valence electrons. The highest BCUT2D eigenvalue weighted by atomic mass is 32.2. The number of nitrogens with two attached hydrogens (primary N) is 1. The van der Waals surface area contributed by atoms with E-state index in [1.165, 1.54) is 5.75 Å². The predicted octanol–water partition coefficient (Wildman–Crippen LogP) is 2.06. The third-order valence-corrected chi connectivity index (χ3v) is 3.74. The molecule has 1 aromatic rings. The number of nitrogens with one attached hydrogen (secondary N) is 1. The molecular formula is C17H26N2O4S2. The van der Waals surface area contributed by atoms with Crippen molar-refractivity contribution < 1.29 is 19.4 Å². The van der Waals surface area contributed by atoms with Crippen LogP contribution >= 0.6 is 24.4 Å². The Bertz CT molecular complexity index is 534. The third kappa shape index (κ3) is 12.4. The number of carboxylic acid groups (broad SMARTS) is 1. The van der Waals surface area contributed by atoms with Crippen LogP contribution in [0.5, 0.6) is 5.75 Å². The van der Waals surface area contributed by atoms with E-state index in [9.17, 15) is 9.59 Å². The third-order valence-electron chi connectivity index (χ3n) is 2.75. The number of rotatable bonds is 9. The molecule has 0 aliphatic rings. The van der Waals surface area contributed by atoms with Crippen LogP contribution in [-0.4, -0.2) is 53.9 Å². The Hall–Kier alpha value is -1.64. The Morgan fingerprint density at radius 2 is 2.00 bits per heavy atom. The SMILES string of the molecule is CCSC.NC(/C=C/COc1ccc(C(=O)NCC(=O)O)cc1)CS. The molecule has 1 atom stereocenters. The second-order valence-electron chi connectivity index (χ2n) is 4.76. The molecule has 0 bridgehead atoms. The maximum atomic E-state index is 11.6. The fourth-order valence-electron chi connectivity index (χ4n) is 1.40. The fourth-order valence-corrected chi connectivity index (χ4v) is 1.52. The molecule has 0 saturated carbocycles. The summed E-state index contributed by atoms with van der Waals surface area (Å²) in [5.41, 5.74) is 6.02. The van der Waals surface area contributed by atoms with Gasteiger partial charge in [0.1, 0.15) is 18.9 Å². The van der Waals surface area contributed by atoms with Crippen molar-refractivity contribution in [3.05, 3.63) is 42.0 Å². The van der Waals surface area contributed by atoms with Crippen LogP contribution in [0.1, 0.15) is 17.3 Å². The van der Waals surface area contributed by atoms with Gasteiger partial charge in [-0.15, -0.1) is 0 Å². The lowest BCUT2D eigenvalue weighted by Crippen LogP contribution is -2.29. The summed E-state index contributed by atoms with van der Waals surface area (Å²) >= 11 is 5.91. The van der Waals surface area contributed by atoms with E-state index in [1.807, 2.05) is 11.8 Å². The summed E-state index contributed by atoms with van der Waals surface area (Å²) in [4.78, 5) is 21.9. The van der Waals surface area contributed by atoms with Crippen LogP contribution in [-0.2, 0) is 4.79 Å². The van der Waals surface area contributed by atoms with Crippen molar-refractivity contribution in [3.63, 3.8) is 0 Å². The van der Waals surface area contributed by atoms with Crippen molar-refractivity contribution in [1.82, 2.24) is 5.32 Å². The van der Waals surface area contributed by atoms with Gasteiger partial charge >= 0.3 is 5.97 Å². The minimum Gasteiger partial charge on any atom is -0.490 e. The Kier molecular flexibility index (Phi) is 13.7. The first kappa shape index (κ1) is 23.4. The van der Waals surface area contributed by atoms with Crippen LogP contribution in [0, 0.1) is 0 Å². The maximum Gasteiger partial charge on any atom is 0.322 e. The largest absolute Gasteiger partial charge is 0.490 e. The van der Waals surface area contributed by atoms with Crippen molar-refractivity contribution in [2.75, 3.05) is 30.9 Å². The van der Waals surface area contributed by atoms with Gasteiger partial charge in [-0.2, -0.15) is 24.4 Å². The molecule has 0 spiro atoms. The van der Waals surface area contributed by atoms with Crippen molar-refractivity contribution in [1.29, 1.82) is 0 Å². The minimum absolute atomic E-state index is 0.0998. The number of ether oxygens (including phenoxy) is 1. The van der Waals surface area contributed by atoms with Crippen LogP contribution in [0.15, 0.2) is 36.4 Å². The molecule has 6 nitrogen and oxygen atoms in total. The number of thiol groups is 1. The predicted molar refractivity (Wildman–Crippen MR) is 107 cm³/mol. The quantitative estimate of drug-likeness (QED) is 0.383. The Morgan fingerprint density at radius 1 is 1.40 bits per heavy atom. The number of aliphatic carboxylic acids is 1. The van der Waals surface area contributed by atoms with Crippen LogP contribution in [0.3, 0.4) is 0 Å². The summed E-state index contributed by atoms with van der Waals surface area (Å²) in [5.74, 6) is 0.878. The van der Waals surface area contributed by atoms with Gasteiger partial charge < -0.3 is 20.9 Å². The second kappa shape index (κ2) is 14.7. The summed E-state index contributed by atoms with van der Waals surface area (Å²) < 4.78 is 5.44. The van der Waals surface area contributed by atoms with Crippen LogP contribution in [0.4, 0.5) is 0 Å². The van der Waals surface area contributed by atoms with E-state index in [1.54, 1.807) is 36.4 Å². The average molecular weight is 387 g/mol. The van der Waals surface area contributed by atoms with Gasteiger partial charge in [0.05, 0.1) is 0 Å². The number of carboxylic acids is 1. The molecule has 0 aliphatic carbocycles. The monoisotopic (exact) mass is 386 g/mol. The molecule has 25 heavy (non-hydrogen) atoms. The van der Waals surface area contributed by atoms with E-state index >= 15 is 0 Å². The highest BCUT2D eigenvalue weighted by molar-refractivity contribution is 7.98. The first-order chi connectivity index (χ1) is 11.9. The van der Waals surface area contributed by atoms with Crippen LogP contribution in [0.2, 0.25) is 0 Å². The number of hydrogen-bond acceptors (Lipinski definition) is 6. The molecule has 0 aromatic heterocycles. The highest BCUT2D eigenvalue weighted by Crippen LogP contribution is 2.12. The van der Waals surface area contributed by atoms with E-state index in [0.717, 1.165) is 0 Å². The number of hydrogen-bond donors (Lipinski definition) is 4. The molecular weight excluding hydrogens is 360 g/mol. The number of benzene rings is 1. The topological polar surface area (TPSA) is 102 Å². The molecule has 4 N–H and O–H groups in total.